The molecule has 26 heavy (non-hydrogen) atoms. The third kappa shape index (κ3) is 14.9. The van der Waals surface area contributed by atoms with Gasteiger partial charge >= 0.3 is 0 Å². The molecule has 0 aromatic carbocycles. The van der Waals surface area contributed by atoms with Crippen molar-refractivity contribution in [3.63, 3.8) is 0 Å². The zero-order valence-corrected chi connectivity index (χ0v) is 21.2. The van der Waals surface area contributed by atoms with E-state index >= 15 is 0 Å². The molecule has 4 unspecified atom stereocenters. The second-order valence-electron chi connectivity index (χ2n) is 7.85. The topological polar surface area (TPSA) is 0 Å². The molecule has 0 aliphatic heterocycles. The largest absolute Gasteiger partial charge is 0.106 e. The summed E-state index contributed by atoms with van der Waals surface area (Å²) in [6, 6.07) is 0. The minimum absolute atomic E-state index is 0.507. The number of hydrogen-bond donors (Lipinski definition) is 0. The van der Waals surface area contributed by atoms with Crippen molar-refractivity contribution in [2.75, 3.05) is 0 Å². The normalized spacial score (nSPS) is 14.9. The van der Waals surface area contributed by atoms with Gasteiger partial charge in [0.15, 0.2) is 0 Å². The third-order valence-corrected chi connectivity index (χ3v) is 6.17. The van der Waals surface area contributed by atoms with E-state index in [9.17, 15) is 0 Å². The molecule has 0 amide bonds. The van der Waals surface area contributed by atoms with Gasteiger partial charge in [-0.05, 0) is 41.9 Å². The van der Waals surface area contributed by atoms with Crippen molar-refractivity contribution in [2.24, 2.45) is 29.1 Å². The van der Waals surface area contributed by atoms with Gasteiger partial charge in [0.2, 0.25) is 0 Å². The summed E-state index contributed by atoms with van der Waals surface area (Å²) in [5.74, 6) is 3.61. The van der Waals surface area contributed by atoms with Crippen LogP contribution in [0.4, 0.5) is 0 Å². The molecule has 0 N–H and O–H groups in total. The van der Waals surface area contributed by atoms with Crippen molar-refractivity contribution >= 4 is 0 Å². The van der Waals surface area contributed by atoms with Crippen LogP contribution in [-0.4, -0.2) is 0 Å². The Hall–Kier alpha value is -0.260. The summed E-state index contributed by atoms with van der Waals surface area (Å²) in [7, 11) is 0. The summed E-state index contributed by atoms with van der Waals surface area (Å²) >= 11 is 0. The molecule has 0 nitrogen and oxygen atoms in total. The van der Waals surface area contributed by atoms with Gasteiger partial charge in [-0.2, -0.15) is 0 Å². The van der Waals surface area contributed by atoms with E-state index in [4.69, 9.17) is 0 Å². The standard InChI is InChI=1S/C20H42.2C2H6.C2H4/c1-9-13-19(20(7,8)12-4)17(6)14-15-18(11-3)16(5)10-2;3*1-2/h16-19H,9-15H2,1-8H3;2*1-2H3;1-2H2. The van der Waals surface area contributed by atoms with E-state index < -0.39 is 0 Å². The molecule has 0 radical (unpaired) electrons. The van der Waals surface area contributed by atoms with Gasteiger partial charge in [-0.3, -0.25) is 0 Å². The molecule has 0 bridgehead atoms. The molecule has 0 rings (SSSR count). The van der Waals surface area contributed by atoms with E-state index in [1.54, 1.807) is 0 Å². The maximum atomic E-state index is 3.00. The monoisotopic (exact) mass is 370 g/mol. The van der Waals surface area contributed by atoms with E-state index in [-0.39, 0.29) is 0 Å². The lowest BCUT2D eigenvalue weighted by atomic mass is 9.67. The number of hydrogen-bond acceptors (Lipinski definition) is 0. The summed E-state index contributed by atoms with van der Waals surface area (Å²) in [6.45, 7) is 33.4. The van der Waals surface area contributed by atoms with E-state index in [0.717, 1.165) is 23.7 Å². The van der Waals surface area contributed by atoms with Crippen LogP contribution in [0, 0.1) is 29.1 Å². The summed E-state index contributed by atoms with van der Waals surface area (Å²) in [6.07, 6.45) is 9.61. The molecule has 0 aromatic rings. The highest BCUT2D eigenvalue weighted by Gasteiger charge is 2.31. The molecular weight excluding hydrogens is 312 g/mol. The smallest absolute Gasteiger partial charge is 0.0326 e. The second kappa shape index (κ2) is 22.8. The van der Waals surface area contributed by atoms with Crippen molar-refractivity contribution in [2.45, 2.75) is 128 Å². The molecule has 0 saturated carbocycles. The molecule has 0 aliphatic rings. The molecule has 162 valence electrons. The molecule has 0 heteroatoms. The first-order valence-electron chi connectivity index (χ1n) is 11.8. The van der Waals surface area contributed by atoms with Crippen molar-refractivity contribution in [1.29, 1.82) is 0 Å². The van der Waals surface area contributed by atoms with Gasteiger partial charge in [-0.15, -0.1) is 13.2 Å². The minimum Gasteiger partial charge on any atom is -0.106 e. The minimum atomic E-state index is 0.507. The van der Waals surface area contributed by atoms with Crippen LogP contribution in [0.3, 0.4) is 0 Å². The highest BCUT2D eigenvalue weighted by Crippen LogP contribution is 2.41. The van der Waals surface area contributed by atoms with E-state index in [0.29, 0.717) is 5.41 Å². The van der Waals surface area contributed by atoms with Gasteiger partial charge in [0.1, 0.15) is 0 Å². The Bertz CT molecular complexity index is 240. The molecule has 0 fully saturated rings. The Morgan fingerprint density at radius 1 is 0.692 bits per heavy atom. The molecule has 0 saturated heterocycles. The summed E-state index contributed by atoms with van der Waals surface area (Å²) < 4.78 is 0. The van der Waals surface area contributed by atoms with Gasteiger partial charge in [-0.1, -0.05) is 115 Å². The highest BCUT2D eigenvalue weighted by molar-refractivity contribution is 4.81. The second-order valence-corrected chi connectivity index (χ2v) is 7.85. The summed E-state index contributed by atoms with van der Waals surface area (Å²) in [5, 5.41) is 0. The van der Waals surface area contributed by atoms with Crippen LogP contribution >= 0.6 is 0 Å². The lowest BCUT2D eigenvalue weighted by Gasteiger charge is -2.38. The first-order chi connectivity index (χ1) is 12.3. The lowest BCUT2D eigenvalue weighted by molar-refractivity contribution is 0.116. The fourth-order valence-electron chi connectivity index (χ4n) is 3.92. The maximum Gasteiger partial charge on any atom is -0.0326 e. The number of rotatable bonds is 11. The first-order valence-corrected chi connectivity index (χ1v) is 11.8. The molecular formula is C26H58. The third-order valence-electron chi connectivity index (χ3n) is 6.17. The summed E-state index contributed by atoms with van der Waals surface area (Å²) in [4.78, 5) is 0. The zero-order valence-electron chi connectivity index (χ0n) is 21.2. The van der Waals surface area contributed by atoms with Crippen molar-refractivity contribution in [1.82, 2.24) is 0 Å². The van der Waals surface area contributed by atoms with Crippen molar-refractivity contribution < 1.29 is 0 Å². The molecule has 0 heterocycles. The Morgan fingerprint density at radius 3 is 1.46 bits per heavy atom. The lowest BCUT2D eigenvalue weighted by Crippen LogP contribution is -2.29. The predicted molar refractivity (Wildman–Crippen MR) is 128 cm³/mol. The van der Waals surface area contributed by atoms with Crippen molar-refractivity contribution in [3.05, 3.63) is 13.2 Å². The van der Waals surface area contributed by atoms with Gasteiger partial charge in [0.05, 0.1) is 0 Å². The van der Waals surface area contributed by atoms with E-state index in [2.05, 4.69) is 68.5 Å². The predicted octanol–water partition coefficient (Wildman–Crippen LogP) is 10.2. The SMILES string of the molecule is C=C.CC.CC.CCCC(C(C)CCC(CC)C(C)CC)C(C)(C)CC. The van der Waals surface area contributed by atoms with Crippen LogP contribution in [0.15, 0.2) is 13.2 Å². The van der Waals surface area contributed by atoms with Gasteiger partial charge in [-0.25, -0.2) is 0 Å². The molecule has 0 aromatic heterocycles. The van der Waals surface area contributed by atoms with Crippen LogP contribution in [0.1, 0.15) is 128 Å². The quantitative estimate of drug-likeness (QED) is 0.317. The molecule has 4 atom stereocenters. The van der Waals surface area contributed by atoms with Crippen LogP contribution in [0.2, 0.25) is 0 Å². The summed E-state index contributed by atoms with van der Waals surface area (Å²) in [5.41, 5.74) is 0.507. The first kappa shape index (κ1) is 33.3. The fourth-order valence-corrected chi connectivity index (χ4v) is 3.92. The van der Waals surface area contributed by atoms with Crippen LogP contribution in [-0.2, 0) is 0 Å². The van der Waals surface area contributed by atoms with Gasteiger partial charge < -0.3 is 0 Å². The van der Waals surface area contributed by atoms with E-state index in [1.165, 1.54) is 44.9 Å². The van der Waals surface area contributed by atoms with Gasteiger partial charge in [0.25, 0.3) is 0 Å². The Balaban J connectivity index is -0.000000362. The van der Waals surface area contributed by atoms with Crippen LogP contribution < -0.4 is 0 Å². The Morgan fingerprint density at radius 2 is 1.15 bits per heavy atom. The Labute approximate surface area is 170 Å². The van der Waals surface area contributed by atoms with Crippen LogP contribution in [0.25, 0.3) is 0 Å². The average Bonchev–Trinajstić information content (AvgIpc) is 2.70. The van der Waals surface area contributed by atoms with Gasteiger partial charge in [0, 0.05) is 0 Å². The maximum absolute atomic E-state index is 3.00. The fraction of sp³-hybridized carbons (Fsp3) is 0.923. The average molecular weight is 371 g/mol. The molecule has 0 spiro atoms. The highest BCUT2D eigenvalue weighted by atomic mass is 14.4. The zero-order chi connectivity index (χ0) is 21.8. The van der Waals surface area contributed by atoms with E-state index in [1.807, 2.05) is 27.7 Å². The Kier molecular flexibility index (Phi) is 29.2. The van der Waals surface area contributed by atoms with Crippen molar-refractivity contribution in [3.8, 4) is 0 Å². The van der Waals surface area contributed by atoms with Crippen LogP contribution in [0.5, 0.6) is 0 Å². The molecule has 0 aliphatic carbocycles.